The number of nitriles is 1. The minimum Gasteiger partial charge on any atom is -0.476 e. The van der Waals surface area contributed by atoms with E-state index in [4.69, 9.17) is 21.6 Å². The van der Waals surface area contributed by atoms with E-state index in [0.29, 0.717) is 18.7 Å². The summed E-state index contributed by atoms with van der Waals surface area (Å²) in [5, 5.41) is 11.7. The van der Waals surface area contributed by atoms with Crippen LogP contribution < -0.4 is 10.1 Å². The van der Waals surface area contributed by atoms with Crippen LogP contribution in [0.15, 0.2) is 36.5 Å². The fourth-order valence-electron chi connectivity index (χ4n) is 2.00. The molecule has 1 atom stereocenters. The Labute approximate surface area is 148 Å². The van der Waals surface area contributed by atoms with Crippen molar-refractivity contribution >= 4 is 17.4 Å². The van der Waals surface area contributed by atoms with Gasteiger partial charge in [0.1, 0.15) is 17.6 Å². The van der Waals surface area contributed by atoms with Crippen molar-refractivity contribution < 1.29 is 17.9 Å². The lowest BCUT2D eigenvalue weighted by Gasteiger charge is -2.13. The van der Waals surface area contributed by atoms with Crippen LogP contribution in [0.25, 0.3) is 0 Å². The molecule has 132 valence electrons. The molecular weight excluding hydrogens is 355 g/mol. The van der Waals surface area contributed by atoms with Crippen molar-refractivity contribution in [1.29, 1.82) is 5.26 Å². The lowest BCUT2D eigenvalue weighted by molar-refractivity contribution is -0.137. The first-order valence-corrected chi connectivity index (χ1v) is 7.83. The van der Waals surface area contributed by atoms with Gasteiger partial charge in [0, 0.05) is 12.7 Å². The number of aromatic nitrogens is 1. The number of benzene rings is 1. The largest absolute Gasteiger partial charge is 0.476 e. The van der Waals surface area contributed by atoms with Crippen LogP contribution in [0, 0.1) is 11.3 Å². The molecule has 4 nitrogen and oxygen atoms in total. The van der Waals surface area contributed by atoms with Gasteiger partial charge in [0.25, 0.3) is 0 Å². The Morgan fingerprint density at radius 3 is 2.72 bits per heavy atom. The van der Waals surface area contributed by atoms with Gasteiger partial charge in [0.05, 0.1) is 10.6 Å². The minimum atomic E-state index is -4.49. The molecule has 1 N–H and O–H groups in total. The molecule has 25 heavy (non-hydrogen) atoms. The number of anilines is 1. The van der Waals surface area contributed by atoms with Gasteiger partial charge in [-0.3, -0.25) is 0 Å². The summed E-state index contributed by atoms with van der Waals surface area (Å²) in [5.41, 5.74) is -0.0939. The molecule has 0 bridgehead atoms. The highest BCUT2D eigenvalue weighted by Gasteiger charge is 2.31. The maximum atomic E-state index is 12.6. The number of hydrogen-bond acceptors (Lipinski definition) is 4. The number of nitrogens with zero attached hydrogens (tertiary/aromatic N) is 2. The summed E-state index contributed by atoms with van der Waals surface area (Å²) in [6, 6.07) is 9.92. The SMILES string of the molecule is CCC(C#N)Oc1cccc(CNc2ncc(C(F)(F)F)cc2Cl)c1. The molecule has 0 fully saturated rings. The van der Waals surface area contributed by atoms with E-state index < -0.39 is 17.8 Å². The zero-order chi connectivity index (χ0) is 18.4. The summed E-state index contributed by atoms with van der Waals surface area (Å²) < 4.78 is 43.3. The molecule has 8 heteroatoms. The van der Waals surface area contributed by atoms with E-state index >= 15 is 0 Å². The van der Waals surface area contributed by atoms with Crippen LogP contribution in [-0.4, -0.2) is 11.1 Å². The molecule has 0 spiro atoms. The zero-order valence-electron chi connectivity index (χ0n) is 13.3. The Balaban J connectivity index is 2.06. The van der Waals surface area contributed by atoms with Crippen LogP contribution in [0.3, 0.4) is 0 Å². The van der Waals surface area contributed by atoms with Gasteiger partial charge in [-0.25, -0.2) is 4.98 Å². The van der Waals surface area contributed by atoms with E-state index in [1.807, 2.05) is 19.1 Å². The van der Waals surface area contributed by atoms with Crippen LogP contribution in [0.2, 0.25) is 5.02 Å². The third-order valence-electron chi connectivity index (χ3n) is 3.32. The Morgan fingerprint density at radius 2 is 2.12 bits per heavy atom. The van der Waals surface area contributed by atoms with Gasteiger partial charge in [0.2, 0.25) is 0 Å². The summed E-state index contributed by atoms with van der Waals surface area (Å²) in [6.07, 6.45) is -3.73. The molecule has 0 radical (unpaired) electrons. The summed E-state index contributed by atoms with van der Waals surface area (Å²) in [4.78, 5) is 3.72. The second-order valence-electron chi connectivity index (χ2n) is 5.20. The zero-order valence-corrected chi connectivity index (χ0v) is 14.0. The molecule has 2 rings (SSSR count). The lowest BCUT2D eigenvalue weighted by Crippen LogP contribution is -2.12. The van der Waals surface area contributed by atoms with E-state index in [9.17, 15) is 13.2 Å². The standard InChI is InChI=1S/C17H15ClF3N3O/c1-2-13(8-22)25-14-5-3-4-11(6-14)9-23-16-15(18)7-12(10-24-16)17(19,20)21/h3-7,10,13H,2,9H2,1H3,(H,23,24). The smallest absolute Gasteiger partial charge is 0.417 e. The Morgan fingerprint density at radius 1 is 1.36 bits per heavy atom. The first-order chi connectivity index (χ1) is 11.8. The second kappa shape index (κ2) is 8.08. The molecule has 0 aliphatic carbocycles. The van der Waals surface area contributed by atoms with Gasteiger partial charge >= 0.3 is 6.18 Å². The van der Waals surface area contributed by atoms with Crippen molar-refractivity contribution in [3.8, 4) is 11.8 Å². The fraction of sp³-hybridized carbons (Fsp3) is 0.294. The van der Waals surface area contributed by atoms with Crippen LogP contribution in [0.4, 0.5) is 19.0 Å². The summed E-state index contributed by atoms with van der Waals surface area (Å²) in [6.45, 7) is 2.14. The Bertz CT molecular complexity index is 774. The quantitative estimate of drug-likeness (QED) is 0.774. The van der Waals surface area contributed by atoms with Crippen molar-refractivity contribution in [1.82, 2.24) is 4.98 Å². The molecule has 2 aromatic rings. The summed E-state index contributed by atoms with van der Waals surface area (Å²) in [7, 11) is 0. The molecule has 0 saturated carbocycles. The maximum Gasteiger partial charge on any atom is 0.417 e. The topological polar surface area (TPSA) is 57.9 Å². The molecular formula is C17H15ClF3N3O. The monoisotopic (exact) mass is 369 g/mol. The molecule has 1 unspecified atom stereocenters. The van der Waals surface area contributed by atoms with E-state index in [-0.39, 0.29) is 10.8 Å². The molecule has 0 aliphatic rings. The van der Waals surface area contributed by atoms with E-state index in [1.54, 1.807) is 18.2 Å². The highest BCUT2D eigenvalue weighted by Crippen LogP contribution is 2.32. The average Bonchev–Trinajstić information content (AvgIpc) is 2.58. The van der Waals surface area contributed by atoms with Crippen molar-refractivity contribution in [3.05, 3.63) is 52.7 Å². The van der Waals surface area contributed by atoms with Gasteiger partial charge in [-0.2, -0.15) is 18.4 Å². The van der Waals surface area contributed by atoms with Crippen molar-refractivity contribution in [3.63, 3.8) is 0 Å². The average molecular weight is 370 g/mol. The first kappa shape index (κ1) is 18.9. The molecule has 1 heterocycles. The Kier molecular flexibility index (Phi) is 6.10. The predicted octanol–water partition coefficient (Wildman–Crippen LogP) is 5.05. The number of alkyl halides is 3. The van der Waals surface area contributed by atoms with Gasteiger partial charge in [0.15, 0.2) is 6.10 Å². The van der Waals surface area contributed by atoms with Gasteiger partial charge in [-0.15, -0.1) is 0 Å². The third-order valence-corrected chi connectivity index (χ3v) is 3.61. The van der Waals surface area contributed by atoms with Crippen LogP contribution >= 0.6 is 11.6 Å². The van der Waals surface area contributed by atoms with Crippen LogP contribution in [-0.2, 0) is 12.7 Å². The van der Waals surface area contributed by atoms with Crippen molar-refractivity contribution in [2.75, 3.05) is 5.32 Å². The third kappa shape index (κ3) is 5.26. The van der Waals surface area contributed by atoms with E-state index in [2.05, 4.69) is 10.3 Å². The van der Waals surface area contributed by atoms with E-state index in [1.165, 1.54) is 0 Å². The number of nitrogens with one attached hydrogen (secondary N) is 1. The molecule has 0 aliphatic heterocycles. The van der Waals surface area contributed by atoms with Crippen molar-refractivity contribution in [2.45, 2.75) is 32.2 Å². The normalized spacial score (nSPS) is 12.3. The number of rotatable bonds is 6. The number of pyridine rings is 1. The fourth-order valence-corrected chi connectivity index (χ4v) is 2.24. The Hall–Kier alpha value is -2.46. The highest BCUT2D eigenvalue weighted by atomic mass is 35.5. The minimum absolute atomic E-state index is 0.113. The van der Waals surface area contributed by atoms with Gasteiger partial charge in [-0.1, -0.05) is 30.7 Å². The maximum absolute atomic E-state index is 12.6. The number of ether oxygens (including phenoxy) is 1. The molecule has 0 amide bonds. The predicted molar refractivity (Wildman–Crippen MR) is 88.3 cm³/mol. The summed E-state index contributed by atoms with van der Waals surface area (Å²) >= 11 is 5.85. The lowest BCUT2D eigenvalue weighted by atomic mass is 10.2. The summed E-state index contributed by atoms with van der Waals surface area (Å²) in [5.74, 6) is 0.698. The molecule has 1 aromatic heterocycles. The van der Waals surface area contributed by atoms with Crippen LogP contribution in [0.5, 0.6) is 5.75 Å². The van der Waals surface area contributed by atoms with E-state index in [0.717, 1.165) is 17.8 Å². The number of hydrogen-bond donors (Lipinski definition) is 1. The first-order valence-electron chi connectivity index (χ1n) is 7.45. The molecule has 0 saturated heterocycles. The van der Waals surface area contributed by atoms with Crippen molar-refractivity contribution in [2.24, 2.45) is 0 Å². The second-order valence-corrected chi connectivity index (χ2v) is 5.60. The van der Waals surface area contributed by atoms with Crippen LogP contribution in [0.1, 0.15) is 24.5 Å². The number of halogens is 4. The highest BCUT2D eigenvalue weighted by molar-refractivity contribution is 6.32. The molecule has 1 aromatic carbocycles. The van der Waals surface area contributed by atoms with Gasteiger partial charge in [-0.05, 0) is 30.2 Å². The van der Waals surface area contributed by atoms with Gasteiger partial charge < -0.3 is 10.1 Å².